The predicted octanol–water partition coefficient (Wildman–Crippen LogP) is 6.31. The first kappa shape index (κ1) is 27.3. The van der Waals surface area contributed by atoms with Crippen molar-refractivity contribution in [1.82, 2.24) is 9.97 Å². The summed E-state index contributed by atoms with van der Waals surface area (Å²) in [4.78, 5) is 9.15. The van der Waals surface area contributed by atoms with E-state index in [0.29, 0.717) is 11.4 Å². The van der Waals surface area contributed by atoms with E-state index in [2.05, 4.69) is 22.1 Å². The number of nitrogens with zero attached hydrogens (tertiary/aromatic N) is 2. The Hall–Kier alpha value is -3.25. The first-order valence-corrected chi connectivity index (χ1v) is 10.5. The van der Waals surface area contributed by atoms with Gasteiger partial charge in [-0.15, -0.1) is 24.3 Å². The van der Waals surface area contributed by atoms with Gasteiger partial charge in [0.05, 0.1) is 37.5 Å². The molecule has 0 fully saturated rings. The molecule has 2 aromatic heterocycles. The average Bonchev–Trinajstić information content (AvgIpc) is 2.85. The summed E-state index contributed by atoms with van der Waals surface area (Å²) in [7, 11) is 2.35. The van der Waals surface area contributed by atoms with Gasteiger partial charge in [0, 0.05) is 16.8 Å². The van der Waals surface area contributed by atoms with Gasteiger partial charge in [0.1, 0.15) is 11.5 Å². The van der Waals surface area contributed by atoms with Crippen LogP contribution in [0.15, 0.2) is 48.5 Å². The van der Waals surface area contributed by atoms with Gasteiger partial charge in [-0.25, -0.2) is 0 Å². The van der Waals surface area contributed by atoms with E-state index in [4.69, 9.17) is 9.47 Å². The molecule has 2 aromatic carbocycles. The van der Waals surface area contributed by atoms with Crippen molar-refractivity contribution in [1.29, 1.82) is 0 Å². The second-order valence-electron chi connectivity index (χ2n) is 8.16. The summed E-state index contributed by atoms with van der Waals surface area (Å²) < 4.78 is 66.9. The summed E-state index contributed by atoms with van der Waals surface area (Å²) >= 11 is 0. The van der Waals surface area contributed by atoms with Crippen LogP contribution in [0.2, 0.25) is 0 Å². The molecule has 0 N–H and O–H groups in total. The number of pyridine rings is 2. The van der Waals surface area contributed by atoms with E-state index in [1.807, 2.05) is 13.8 Å². The Kier molecular flexibility index (Phi) is 8.19. The largest absolute Gasteiger partial charge is 2.00 e. The molecule has 188 valence electrons. The number of benzene rings is 2. The SMILES string of the molecule is COc1c(F)c[c-]c(-c2cccc(C(C)(C)c3cccc(-c4[c-]cc(F)c(OC)c4F)n3)n2)c1F.[Pt+2]. The fraction of sp³-hybridized carbons (Fsp3) is 0.185. The van der Waals surface area contributed by atoms with Crippen molar-refractivity contribution in [2.24, 2.45) is 0 Å². The zero-order chi connectivity index (χ0) is 25.3. The number of hydrogen-bond acceptors (Lipinski definition) is 4. The summed E-state index contributed by atoms with van der Waals surface area (Å²) in [5.41, 5.74) is 0.604. The minimum Gasteiger partial charge on any atom is -0.510 e. The molecule has 0 spiro atoms. The number of hydrogen-bond donors (Lipinski definition) is 0. The first-order chi connectivity index (χ1) is 16.7. The average molecular weight is 676 g/mol. The monoisotopic (exact) mass is 675 g/mol. The molecule has 0 atom stereocenters. The molecular formula is C27H20F4N2O2Pt. The standard InChI is InChI=1S/C27H20F4N2O2.Pt/c1-27(2,21-9-5-7-19(32-21)15-11-13-17(28)25(34-3)23(15)30)22-10-6-8-20(33-22)16-12-14-18(29)26(35-4)24(16)31;/h5-10,13-14H,1-4H3;/q-2;+2. The third-order valence-corrected chi connectivity index (χ3v) is 5.66. The van der Waals surface area contributed by atoms with Crippen molar-refractivity contribution in [3.05, 3.63) is 95.3 Å². The summed E-state index contributed by atoms with van der Waals surface area (Å²) in [6.07, 6.45) is 0. The van der Waals surface area contributed by atoms with Crippen LogP contribution >= 0.6 is 0 Å². The van der Waals surface area contributed by atoms with Crippen LogP contribution in [0.3, 0.4) is 0 Å². The molecule has 0 aliphatic heterocycles. The maximum absolute atomic E-state index is 14.8. The van der Waals surface area contributed by atoms with Gasteiger partial charge in [0.25, 0.3) is 0 Å². The summed E-state index contributed by atoms with van der Waals surface area (Å²) in [5, 5.41) is 0. The van der Waals surface area contributed by atoms with Crippen LogP contribution in [-0.4, -0.2) is 24.2 Å². The Morgan fingerprint density at radius 2 is 1.08 bits per heavy atom. The van der Waals surface area contributed by atoms with Crippen LogP contribution in [0, 0.1) is 35.4 Å². The summed E-state index contributed by atoms with van der Waals surface area (Å²) in [6.45, 7) is 3.70. The van der Waals surface area contributed by atoms with Gasteiger partial charge in [0.2, 0.25) is 0 Å². The second kappa shape index (κ2) is 10.8. The van der Waals surface area contributed by atoms with E-state index in [0.717, 1.165) is 12.1 Å². The Morgan fingerprint density at radius 3 is 1.44 bits per heavy atom. The number of aromatic nitrogens is 2. The normalized spacial score (nSPS) is 11.1. The Balaban J connectivity index is 0.00000361. The van der Waals surface area contributed by atoms with Crippen LogP contribution in [0.1, 0.15) is 25.2 Å². The Bertz CT molecular complexity index is 1310. The van der Waals surface area contributed by atoms with E-state index < -0.39 is 40.2 Å². The maximum Gasteiger partial charge on any atom is 2.00 e. The third kappa shape index (κ3) is 4.87. The minimum atomic E-state index is -0.911. The van der Waals surface area contributed by atoms with Crippen molar-refractivity contribution >= 4 is 0 Å². The van der Waals surface area contributed by atoms with E-state index in [1.54, 1.807) is 36.4 Å². The fourth-order valence-corrected chi connectivity index (χ4v) is 3.69. The van der Waals surface area contributed by atoms with Crippen molar-refractivity contribution < 1.29 is 48.1 Å². The van der Waals surface area contributed by atoms with E-state index >= 15 is 0 Å². The molecule has 2 heterocycles. The molecule has 4 nitrogen and oxygen atoms in total. The summed E-state index contributed by atoms with van der Waals surface area (Å²) in [6, 6.07) is 17.1. The van der Waals surface area contributed by atoms with Crippen LogP contribution in [0.25, 0.3) is 22.5 Å². The Morgan fingerprint density at radius 1 is 0.694 bits per heavy atom. The molecule has 0 saturated heterocycles. The van der Waals surface area contributed by atoms with Crippen LogP contribution in [0.4, 0.5) is 17.6 Å². The van der Waals surface area contributed by atoms with Gasteiger partial charge in [-0.2, -0.15) is 0 Å². The van der Waals surface area contributed by atoms with Crippen molar-refractivity contribution in [2.75, 3.05) is 14.2 Å². The molecule has 0 aliphatic carbocycles. The van der Waals surface area contributed by atoms with Gasteiger partial charge >= 0.3 is 21.1 Å². The topological polar surface area (TPSA) is 44.2 Å². The van der Waals surface area contributed by atoms with Crippen LogP contribution in [0.5, 0.6) is 11.5 Å². The first-order valence-electron chi connectivity index (χ1n) is 10.5. The molecule has 9 heteroatoms. The van der Waals surface area contributed by atoms with E-state index in [-0.39, 0.29) is 43.6 Å². The van der Waals surface area contributed by atoms with Crippen LogP contribution < -0.4 is 9.47 Å². The molecule has 36 heavy (non-hydrogen) atoms. The zero-order valence-electron chi connectivity index (χ0n) is 19.7. The molecular weight excluding hydrogens is 655 g/mol. The number of halogens is 4. The maximum atomic E-state index is 14.8. The molecule has 4 aromatic rings. The number of methoxy groups -OCH3 is 2. The molecule has 0 radical (unpaired) electrons. The number of rotatable bonds is 6. The second-order valence-corrected chi connectivity index (χ2v) is 8.16. The van der Waals surface area contributed by atoms with Crippen LogP contribution in [-0.2, 0) is 26.5 Å². The number of ether oxygens (including phenoxy) is 2. The quantitative estimate of drug-likeness (QED) is 0.178. The minimum absolute atomic E-state index is 0. The molecule has 0 bridgehead atoms. The smallest absolute Gasteiger partial charge is 0.510 e. The molecule has 0 unspecified atom stereocenters. The van der Waals surface area contributed by atoms with Gasteiger partial charge in [-0.3, -0.25) is 17.6 Å². The zero-order valence-corrected chi connectivity index (χ0v) is 21.9. The predicted molar refractivity (Wildman–Crippen MR) is 122 cm³/mol. The van der Waals surface area contributed by atoms with Crippen molar-refractivity contribution in [3.8, 4) is 34.0 Å². The fourth-order valence-electron chi connectivity index (χ4n) is 3.69. The van der Waals surface area contributed by atoms with Crippen molar-refractivity contribution in [3.63, 3.8) is 0 Å². The molecule has 4 rings (SSSR count). The van der Waals surface area contributed by atoms with Crippen molar-refractivity contribution in [2.45, 2.75) is 19.3 Å². The van der Waals surface area contributed by atoms with Gasteiger partial charge in [-0.05, 0) is 37.4 Å². The Labute approximate surface area is 220 Å². The third-order valence-electron chi connectivity index (χ3n) is 5.66. The van der Waals surface area contributed by atoms with E-state index in [1.165, 1.54) is 14.2 Å². The summed E-state index contributed by atoms with van der Waals surface area (Å²) in [5.74, 6) is -4.60. The van der Waals surface area contributed by atoms with Gasteiger partial charge < -0.3 is 19.4 Å². The molecule has 0 aliphatic rings. The molecule has 0 saturated carbocycles. The van der Waals surface area contributed by atoms with E-state index in [9.17, 15) is 17.6 Å². The van der Waals surface area contributed by atoms with Gasteiger partial charge in [0.15, 0.2) is 0 Å². The molecule has 0 amide bonds. The van der Waals surface area contributed by atoms with Gasteiger partial charge in [-0.1, -0.05) is 35.4 Å².